The maximum atomic E-state index is 5.94. The molecule has 0 atom stereocenters. The van der Waals surface area contributed by atoms with E-state index in [-0.39, 0.29) is 6.04 Å². The van der Waals surface area contributed by atoms with Crippen molar-refractivity contribution < 1.29 is 0 Å². The summed E-state index contributed by atoms with van der Waals surface area (Å²) in [7, 11) is 0. The normalized spacial score (nSPS) is 14.5. The molecule has 8 heteroatoms. The second kappa shape index (κ2) is 6.36. The first kappa shape index (κ1) is 17.1. The van der Waals surface area contributed by atoms with Crippen molar-refractivity contribution in [2.24, 2.45) is 5.73 Å². The Morgan fingerprint density at radius 3 is 2.77 bits per heavy atom. The van der Waals surface area contributed by atoms with Gasteiger partial charge in [-0.15, -0.1) is 0 Å². The van der Waals surface area contributed by atoms with Gasteiger partial charge in [0.25, 0.3) is 0 Å². The molecule has 0 spiro atoms. The number of nitrogens with one attached hydrogen (secondary N) is 2. The highest BCUT2D eigenvalue weighted by Crippen LogP contribution is 2.30. The highest BCUT2D eigenvalue weighted by molar-refractivity contribution is 5.93. The highest BCUT2D eigenvalue weighted by atomic mass is 15.3. The third-order valence-corrected chi connectivity index (χ3v) is 5.50. The van der Waals surface area contributed by atoms with E-state index in [9.17, 15) is 0 Å². The molecule has 0 amide bonds. The van der Waals surface area contributed by atoms with Gasteiger partial charge in [-0.05, 0) is 55.0 Å². The van der Waals surface area contributed by atoms with Gasteiger partial charge in [-0.1, -0.05) is 0 Å². The van der Waals surface area contributed by atoms with Gasteiger partial charge in [0.2, 0.25) is 0 Å². The van der Waals surface area contributed by atoms with Crippen LogP contribution in [-0.2, 0) is 0 Å². The molecule has 1 fully saturated rings. The molecule has 1 saturated heterocycles. The van der Waals surface area contributed by atoms with E-state index >= 15 is 0 Å². The first-order valence-corrected chi connectivity index (χ1v) is 9.93. The average Bonchev–Trinajstić information content (AvgIpc) is 3.34. The molecule has 1 aliphatic rings. The van der Waals surface area contributed by atoms with E-state index in [0.717, 1.165) is 69.3 Å². The molecule has 5 aromatic heterocycles. The minimum absolute atomic E-state index is 0.226. The lowest BCUT2D eigenvalue weighted by molar-refractivity contribution is 0.514. The van der Waals surface area contributed by atoms with Crippen LogP contribution in [0.25, 0.3) is 44.8 Å². The number of fused-ring (bicyclic) bond motifs is 2. The molecule has 5 aromatic rings. The molecule has 0 radical (unpaired) electrons. The monoisotopic (exact) mass is 396 g/mol. The Morgan fingerprint density at radius 1 is 1.03 bits per heavy atom. The lowest BCUT2D eigenvalue weighted by Gasteiger charge is -2.38. The molecule has 6 rings (SSSR count). The molecule has 8 nitrogen and oxygen atoms in total. The van der Waals surface area contributed by atoms with E-state index < -0.39 is 0 Å². The van der Waals surface area contributed by atoms with Gasteiger partial charge in [-0.3, -0.25) is 10.1 Å². The van der Waals surface area contributed by atoms with E-state index in [0.29, 0.717) is 0 Å². The maximum absolute atomic E-state index is 5.94. The van der Waals surface area contributed by atoms with E-state index in [1.807, 2.05) is 30.3 Å². The van der Waals surface area contributed by atoms with E-state index in [2.05, 4.69) is 44.1 Å². The first-order valence-electron chi connectivity index (χ1n) is 9.93. The fraction of sp³-hybridized carbons (Fsp3) is 0.182. The maximum Gasteiger partial charge on any atom is 0.135 e. The molecular weight excluding hydrogens is 376 g/mol. The van der Waals surface area contributed by atoms with Crippen LogP contribution in [0.2, 0.25) is 0 Å². The predicted octanol–water partition coefficient (Wildman–Crippen LogP) is 3.02. The van der Waals surface area contributed by atoms with Gasteiger partial charge >= 0.3 is 0 Å². The van der Waals surface area contributed by atoms with Gasteiger partial charge < -0.3 is 15.6 Å². The van der Waals surface area contributed by atoms with E-state index in [1.165, 1.54) is 0 Å². The molecule has 148 valence electrons. The van der Waals surface area contributed by atoms with Crippen molar-refractivity contribution >= 4 is 27.9 Å². The number of pyridine rings is 3. The minimum atomic E-state index is 0.226. The Hall–Kier alpha value is -3.78. The van der Waals surface area contributed by atoms with E-state index in [4.69, 9.17) is 15.7 Å². The second-order valence-electron chi connectivity index (χ2n) is 7.84. The van der Waals surface area contributed by atoms with Crippen LogP contribution in [0.15, 0.2) is 48.7 Å². The fourth-order valence-electron chi connectivity index (χ4n) is 3.95. The smallest absolute Gasteiger partial charge is 0.135 e. The Morgan fingerprint density at radius 2 is 1.93 bits per heavy atom. The van der Waals surface area contributed by atoms with Gasteiger partial charge in [0.15, 0.2) is 0 Å². The summed E-state index contributed by atoms with van der Waals surface area (Å²) in [4.78, 5) is 19.7. The van der Waals surface area contributed by atoms with Crippen LogP contribution in [0.3, 0.4) is 0 Å². The number of H-pyrrole nitrogens is 2. The lowest BCUT2D eigenvalue weighted by atomic mass is 10.1. The number of nitrogens with zero attached hydrogens (tertiary/aromatic N) is 5. The molecule has 30 heavy (non-hydrogen) atoms. The SMILES string of the molecule is Cc1cc(-c2ccc3[nH]nc(-c4cc5ncccc5[nH]4)c3n2)nc(N2CC(N)C2)c1. The standard InChI is InChI=1S/C22H20N8/c1-12-7-18(26-20(8-12)30-10-13(23)11-30)15-4-5-16-21(27-15)22(29-28-16)19-9-17-14(25-19)3-2-6-24-17/h2-9,13,25H,10-11,23H2,1H3,(H,28,29). The molecule has 1 aliphatic heterocycles. The Labute approximate surface area is 172 Å². The molecular formula is C22H20N8. The third kappa shape index (κ3) is 2.73. The second-order valence-corrected chi connectivity index (χ2v) is 7.84. The van der Waals surface area contributed by atoms with Gasteiger partial charge in [-0.25, -0.2) is 9.97 Å². The molecule has 0 aromatic carbocycles. The molecule has 6 heterocycles. The van der Waals surface area contributed by atoms with Crippen molar-refractivity contribution in [1.29, 1.82) is 0 Å². The predicted molar refractivity (Wildman–Crippen MR) is 117 cm³/mol. The van der Waals surface area contributed by atoms with Gasteiger partial charge in [0.05, 0.1) is 33.6 Å². The van der Waals surface area contributed by atoms with Crippen LogP contribution in [0.1, 0.15) is 5.56 Å². The summed E-state index contributed by atoms with van der Waals surface area (Å²) in [5, 5.41) is 7.58. The van der Waals surface area contributed by atoms with Crippen molar-refractivity contribution in [1.82, 2.24) is 30.1 Å². The molecule has 0 saturated carbocycles. The van der Waals surface area contributed by atoms with Crippen LogP contribution < -0.4 is 10.6 Å². The van der Waals surface area contributed by atoms with Gasteiger partial charge in [-0.2, -0.15) is 5.10 Å². The zero-order valence-electron chi connectivity index (χ0n) is 16.4. The largest absolute Gasteiger partial charge is 0.353 e. The molecule has 0 aliphatic carbocycles. The van der Waals surface area contributed by atoms with Crippen LogP contribution in [0, 0.1) is 6.92 Å². The number of aromatic amines is 2. The topological polar surface area (TPSA) is 112 Å². The van der Waals surface area contributed by atoms with Crippen molar-refractivity contribution in [3.63, 3.8) is 0 Å². The summed E-state index contributed by atoms with van der Waals surface area (Å²) in [6.07, 6.45) is 1.78. The number of hydrogen-bond donors (Lipinski definition) is 3. The third-order valence-electron chi connectivity index (χ3n) is 5.50. The summed E-state index contributed by atoms with van der Waals surface area (Å²) in [6.45, 7) is 3.75. The van der Waals surface area contributed by atoms with Crippen molar-refractivity contribution in [3.8, 4) is 22.8 Å². The van der Waals surface area contributed by atoms with Gasteiger partial charge in [0.1, 0.15) is 17.0 Å². The number of hydrogen-bond acceptors (Lipinski definition) is 6. The average molecular weight is 396 g/mol. The Kier molecular flexibility index (Phi) is 3.63. The number of anilines is 1. The first-order chi connectivity index (χ1) is 14.6. The zero-order chi connectivity index (χ0) is 20.2. The molecule has 4 N–H and O–H groups in total. The minimum Gasteiger partial charge on any atom is -0.353 e. The van der Waals surface area contributed by atoms with Gasteiger partial charge in [0, 0.05) is 25.3 Å². The van der Waals surface area contributed by atoms with E-state index in [1.54, 1.807) is 6.20 Å². The zero-order valence-corrected chi connectivity index (χ0v) is 16.4. The van der Waals surface area contributed by atoms with Crippen molar-refractivity contribution in [3.05, 3.63) is 54.2 Å². The highest BCUT2D eigenvalue weighted by Gasteiger charge is 2.25. The number of nitrogens with two attached hydrogens (primary N) is 1. The van der Waals surface area contributed by atoms with Crippen molar-refractivity contribution in [2.45, 2.75) is 13.0 Å². The van der Waals surface area contributed by atoms with Crippen LogP contribution in [0.5, 0.6) is 0 Å². The van der Waals surface area contributed by atoms with Crippen LogP contribution in [0.4, 0.5) is 5.82 Å². The van der Waals surface area contributed by atoms with Crippen LogP contribution in [-0.4, -0.2) is 49.3 Å². The number of rotatable bonds is 3. The summed E-state index contributed by atoms with van der Waals surface area (Å²) in [6, 6.07) is 14.3. The summed E-state index contributed by atoms with van der Waals surface area (Å²) in [5.74, 6) is 0.947. The molecule has 0 bridgehead atoms. The number of aryl methyl sites for hydroxylation is 1. The molecule has 0 unspecified atom stereocenters. The Balaban J connectivity index is 1.45. The quantitative estimate of drug-likeness (QED) is 0.432. The van der Waals surface area contributed by atoms with Crippen molar-refractivity contribution in [2.75, 3.05) is 18.0 Å². The lowest BCUT2D eigenvalue weighted by Crippen LogP contribution is -2.56. The summed E-state index contributed by atoms with van der Waals surface area (Å²) >= 11 is 0. The van der Waals surface area contributed by atoms with Crippen LogP contribution >= 0.6 is 0 Å². The number of aromatic nitrogens is 6. The summed E-state index contributed by atoms with van der Waals surface area (Å²) < 4.78 is 0. The Bertz CT molecular complexity index is 1360. The fourth-order valence-corrected chi connectivity index (χ4v) is 3.95. The summed E-state index contributed by atoms with van der Waals surface area (Å²) in [5.41, 5.74) is 13.9.